The molecule has 0 bridgehead atoms. The average molecular weight is 263 g/mol. The first kappa shape index (κ1) is 12.5. The maximum Gasteiger partial charge on any atom is 0.304 e. The second kappa shape index (κ2) is 5.61. The van der Waals surface area contributed by atoms with Crippen molar-refractivity contribution < 1.29 is 4.79 Å². The Morgan fingerprint density at radius 3 is 2.89 bits per heavy atom. The molecule has 0 unspecified atom stereocenters. The van der Waals surface area contributed by atoms with Crippen LogP contribution in [0.4, 0.5) is 0 Å². The molecule has 18 heavy (non-hydrogen) atoms. The van der Waals surface area contributed by atoms with Gasteiger partial charge in [-0.15, -0.1) is 0 Å². The van der Waals surface area contributed by atoms with Gasteiger partial charge >= 0.3 is 4.87 Å². The molecule has 0 aliphatic heterocycles. The van der Waals surface area contributed by atoms with Crippen LogP contribution < -0.4 is 15.9 Å². The predicted molar refractivity (Wildman–Crippen MR) is 70.4 cm³/mol. The number of nitrogens with two attached hydrogens (primary N) is 1. The number of amides is 1. The fourth-order valence-corrected chi connectivity index (χ4v) is 2.16. The van der Waals surface area contributed by atoms with Crippen LogP contribution in [0.25, 0.3) is 0 Å². The Hall–Kier alpha value is -1.92. The highest BCUT2D eigenvalue weighted by atomic mass is 32.1. The van der Waals surface area contributed by atoms with Gasteiger partial charge in [-0.1, -0.05) is 23.5 Å². The van der Waals surface area contributed by atoms with Crippen molar-refractivity contribution in [2.24, 2.45) is 5.73 Å². The molecule has 0 aliphatic carbocycles. The minimum absolute atomic E-state index is 0.0532. The molecule has 4 N–H and O–H groups in total. The summed E-state index contributed by atoms with van der Waals surface area (Å²) in [5.74, 6) is -0.431. The van der Waals surface area contributed by atoms with Gasteiger partial charge in [-0.3, -0.25) is 9.59 Å². The minimum Gasteiger partial charge on any atom is -0.366 e. The van der Waals surface area contributed by atoms with Crippen LogP contribution in [-0.4, -0.2) is 10.9 Å². The van der Waals surface area contributed by atoms with Gasteiger partial charge in [0.1, 0.15) is 0 Å². The van der Waals surface area contributed by atoms with E-state index < -0.39 is 5.91 Å². The zero-order valence-electron chi connectivity index (χ0n) is 9.60. The van der Waals surface area contributed by atoms with E-state index in [1.54, 1.807) is 23.6 Å². The molecule has 94 valence electrons. The molecule has 0 atom stereocenters. The number of thiazole rings is 1. The summed E-state index contributed by atoms with van der Waals surface area (Å²) < 4.78 is 0. The van der Waals surface area contributed by atoms with Crippen molar-refractivity contribution in [3.8, 4) is 0 Å². The fourth-order valence-electron chi connectivity index (χ4n) is 1.58. The van der Waals surface area contributed by atoms with Crippen LogP contribution in [0.3, 0.4) is 0 Å². The van der Waals surface area contributed by atoms with E-state index in [4.69, 9.17) is 5.73 Å². The van der Waals surface area contributed by atoms with Crippen molar-refractivity contribution in [1.82, 2.24) is 10.3 Å². The summed E-state index contributed by atoms with van der Waals surface area (Å²) in [6.07, 6.45) is 0. The maximum absolute atomic E-state index is 11.0. The number of aromatic amines is 1. The quantitative estimate of drug-likeness (QED) is 0.746. The predicted octanol–water partition coefficient (Wildman–Crippen LogP) is 0.825. The first-order chi connectivity index (χ1) is 8.65. The smallest absolute Gasteiger partial charge is 0.304 e. The van der Waals surface area contributed by atoms with Crippen molar-refractivity contribution in [3.63, 3.8) is 0 Å². The Morgan fingerprint density at radius 1 is 1.39 bits per heavy atom. The first-order valence-electron chi connectivity index (χ1n) is 5.41. The van der Waals surface area contributed by atoms with Crippen LogP contribution in [0.1, 0.15) is 21.6 Å². The van der Waals surface area contributed by atoms with E-state index >= 15 is 0 Å². The van der Waals surface area contributed by atoms with Gasteiger partial charge in [0.05, 0.1) is 0 Å². The lowest BCUT2D eigenvalue weighted by Gasteiger charge is -2.04. The second-order valence-corrected chi connectivity index (χ2v) is 4.68. The number of primary amides is 1. The van der Waals surface area contributed by atoms with Crippen molar-refractivity contribution in [1.29, 1.82) is 0 Å². The van der Waals surface area contributed by atoms with Crippen LogP contribution in [0.15, 0.2) is 34.4 Å². The van der Waals surface area contributed by atoms with E-state index in [0.29, 0.717) is 18.7 Å². The molecule has 1 aromatic carbocycles. The van der Waals surface area contributed by atoms with E-state index in [9.17, 15) is 9.59 Å². The molecule has 0 aliphatic rings. The van der Waals surface area contributed by atoms with E-state index in [1.165, 1.54) is 0 Å². The number of H-pyrrole nitrogens is 1. The molecule has 1 aromatic heterocycles. The lowest BCUT2D eigenvalue weighted by atomic mass is 10.1. The molecule has 0 saturated carbocycles. The number of aromatic nitrogens is 1. The molecular formula is C12H13N3O2S. The van der Waals surface area contributed by atoms with Crippen molar-refractivity contribution >= 4 is 17.2 Å². The van der Waals surface area contributed by atoms with Crippen LogP contribution in [0.5, 0.6) is 0 Å². The summed E-state index contributed by atoms with van der Waals surface area (Å²) in [7, 11) is 0. The Balaban J connectivity index is 1.92. The molecule has 0 radical (unpaired) electrons. The molecule has 0 saturated heterocycles. The normalized spacial score (nSPS) is 10.4. The van der Waals surface area contributed by atoms with Gasteiger partial charge < -0.3 is 16.0 Å². The van der Waals surface area contributed by atoms with Crippen LogP contribution >= 0.6 is 11.3 Å². The number of hydrogen-bond acceptors (Lipinski definition) is 4. The Bertz CT molecular complexity index is 603. The Kier molecular flexibility index (Phi) is 3.91. The third-order valence-electron chi connectivity index (χ3n) is 2.43. The number of hydrogen-bond donors (Lipinski definition) is 3. The van der Waals surface area contributed by atoms with E-state index in [0.717, 1.165) is 22.6 Å². The zero-order valence-corrected chi connectivity index (χ0v) is 10.4. The van der Waals surface area contributed by atoms with Crippen LogP contribution in [0, 0.1) is 0 Å². The molecule has 2 rings (SSSR count). The standard InChI is InChI=1S/C12H13N3O2S/c13-11(16)9-3-1-2-8(4-9)5-14-6-10-7-18-12(17)15-10/h1-4,7,14H,5-6H2,(H2,13,16)(H,15,17). The average Bonchev–Trinajstić information content (AvgIpc) is 2.75. The number of benzene rings is 1. The third-order valence-corrected chi connectivity index (χ3v) is 3.15. The molecule has 5 nitrogen and oxygen atoms in total. The topological polar surface area (TPSA) is 88.0 Å². The van der Waals surface area contributed by atoms with Crippen molar-refractivity contribution in [3.05, 3.63) is 56.1 Å². The van der Waals surface area contributed by atoms with Crippen LogP contribution in [-0.2, 0) is 13.1 Å². The molecule has 0 fully saturated rings. The molecule has 1 amide bonds. The largest absolute Gasteiger partial charge is 0.366 e. The van der Waals surface area contributed by atoms with Crippen molar-refractivity contribution in [2.45, 2.75) is 13.1 Å². The lowest BCUT2D eigenvalue weighted by molar-refractivity contribution is 0.1000. The van der Waals surface area contributed by atoms with Gasteiger partial charge in [-0.05, 0) is 17.7 Å². The third kappa shape index (κ3) is 3.28. The number of carbonyl (C=O) groups is 1. The lowest BCUT2D eigenvalue weighted by Crippen LogP contribution is -2.15. The monoisotopic (exact) mass is 263 g/mol. The fraction of sp³-hybridized carbons (Fsp3) is 0.167. The van der Waals surface area contributed by atoms with Gasteiger partial charge in [0.15, 0.2) is 0 Å². The van der Waals surface area contributed by atoms with Gasteiger partial charge in [0.2, 0.25) is 5.91 Å². The second-order valence-electron chi connectivity index (χ2n) is 3.84. The van der Waals surface area contributed by atoms with E-state index in [1.807, 2.05) is 6.07 Å². The number of rotatable bonds is 5. The van der Waals surface area contributed by atoms with E-state index in [-0.39, 0.29) is 4.87 Å². The van der Waals surface area contributed by atoms with Gasteiger partial charge in [0, 0.05) is 29.7 Å². The highest BCUT2D eigenvalue weighted by Gasteiger charge is 2.01. The van der Waals surface area contributed by atoms with Crippen molar-refractivity contribution in [2.75, 3.05) is 0 Å². The molecule has 1 heterocycles. The summed E-state index contributed by atoms with van der Waals surface area (Å²) in [5, 5.41) is 4.97. The molecule has 2 aromatic rings. The molecule has 0 spiro atoms. The highest BCUT2D eigenvalue weighted by molar-refractivity contribution is 7.07. The number of carbonyl (C=O) groups excluding carboxylic acids is 1. The van der Waals surface area contributed by atoms with E-state index in [2.05, 4.69) is 10.3 Å². The summed E-state index contributed by atoms with van der Waals surface area (Å²) in [4.78, 5) is 24.6. The Morgan fingerprint density at radius 2 is 2.22 bits per heavy atom. The summed E-state index contributed by atoms with van der Waals surface area (Å²) in [6.45, 7) is 1.19. The summed E-state index contributed by atoms with van der Waals surface area (Å²) in [6, 6.07) is 7.15. The zero-order chi connectivity index (χ0) is 13.0. The maximum atomic E-state index is 11.0. The summed E-state index contributed by atoms with van der Waals surface area (Å²) >= 11 is 1.14. The SMILES string of the molecule is NC(=O)c1cccc(CNCc2csc(=O)[nH]2)c1. The molecule has 6 heteroatoms. The van der Waals surface area contributed by atoms with Gasteiger partial charge in [-0.2, -0.15) is 0 Å². The Labute approximate surface area is 108 Å². The van der Waals surface area contributed by atoms with Crippen LogP contribution in [0.2, 0.25) is 0 Å². The number of nitrogens with one attached hydrogen (secondary N) is 2. The van der Waals surface area contributed by atoms with Gasteiger partial charge in [-0.25, -0.2) is 0 Å². The molecular weight excluding hydrogens is 250 g/mol. The highest BCUT2D eigenvalue weighted by Crippen LogP contribution is 2.05. The van der Waals surface area contributed by atoms with Gasteiger partial charge in [0.25, 0.3) is 0 Å². The first-order valence-corrected chi connectivity index (χ1v) is 6.29. The minimum atomic E-state index is -0.431. The summed E-state index contributed by atoms with van der Waals surface area (Å²) in [5.41, 5.74) is 7.54.